The molecule has 9 heteroatoms. The highest BCUT2D eigenvalue weighted by Crippen LogP contribution is 2.15. The molecular formula is C19H22FN7O. The summed E-state index contributed by atoms with van der Waals surface area (Å²) in [6.07, 6.45) is 1.73. The van der Waals surface area contributed by atoms with Gasteiger partial charge in [-0.3, -0.25) is 4.57 Å². The first-order chi connectivity index (χ1) is 13.4. The van der Waals surface area contributed by atoms with Gasteiger partial charge in [-0.15, -0.1) is 0 Å². The monoisotopic (exact) mass is 383 g/mol. The maximum absolute atomic E-state index is 12.9. The number of rotatable bonds is 6. The van der Waals surface area contributed by atoms with Crippen LogP contribution in [0, 0.1) is 26.6 Å². The molecule has 0 spiro atoms. The second kappa shape index (κ2) is 8.47. The van der Waals surface area contributed by atoms with Gasteiger partial charge in [-0.1, -0.05) is 0 Å². The summed E-state index contributed by atoms with van der Waals surface area (Å²) in [5.74, 6) is 1.67. The van der Waals surface area contributed by atoms with Gasteiger partial charge in [0.05, 0.1) is 5.69 Å². The zero-order valence-electron chi connectivity index (χ0n) is 16.0. The molecule has 0 atom stereocenters. The average Bonchev–Trinajstić information content (AvgIpc) is 2.99. The Morgan fingerprint density at radius 1 is 1.11 bits per heavy atom. The van der Waals surface area contributed by atoms with Crippen LogP contribution in [0.3, 0.4) is 0 Å². The summed E-state index contributed by atoms with van der Waals surface area (Å²) in [4.78, 5) is 25.0. The first-order valence-electron chi connectivity index (χ1n) is 8.83. The Bertz CT molecular complexity index is 969. The van der Waals surface area contributed by atoms with Crippen LogP contribution in [0.25, 0.3) is 5.82 Å². The predicted octanol–water partition coefficient (Wildman–Crippen LogP) is 2.96. The Morgan fingerprint density at radius 2 is 1.86 bits per heavy atom. The number of carbonyl (C=O) groups is 1. The number of imidazole rings is 1. The molecule has 0 saturated carbocycles. The van der Waals surface area contributed by atoms with Gasteiger partial charge in [0.15, 0.2) is 0 Å². The molecule has 0 fully saturated rings. The van der Waals surface area contributed by atoms with Crippen molar-refractivity contribution in [2.45, 2.75) is 20.8 Å². The van der Waals surface area contributed by atoms with Gasteiger partial charge in [0.2, 0.25) is 0 Å². The minimum atomic E-state index is -0.363. The van der Waals surface area contributed by atoms with Crippen molar-refractivity contribution in [3.8, 4) is 5.82 Å². The van der Waals surface area contributed by atoms with Crippen molar-refractivity contribution in [1.29, 1.82) is 0 Å². The number of nitrogens with zero attached hydrogens (tertiary/aromatic N) is 4. The Kier molecular flexibility index (Phi) is 5.83. The summed E-state index contributed by atoms with van der Waals surface area (Å²) >= 11 is 0. The van der Waals surface area contributed by atoms with E-state index >= 15 is 0 Å². The highest BCUT2D eigenvalue weighted by molar-refractivity contribution is 5.89. The molecule has 0 saturated heterocycles. The molecule has 0 unspecified atom stereocenters. The van der Waals surface area contributed by atoms with E-state index in [9.17, 15) is 9.18 Å². The van der Waals surface area contributed by atoms with Crippen molar-refractivity contribution >= 4 is 17.5 Å². The summed E-state index contributed by atoms with van der Waals surface area (Å²) in [5.41, 5.74) is 2.49. The van der Waals surface area contributed by atoms with Gasteiger partial charge in [-0.25, -0.2) is 24.1 Å². The summed E-state index contributed by atoms with van der Waals surface area (Å²) in [5, 5.41) is 8.53. The summed E-state index contributed by atoms with van der Waals surface area (Å²) in [7, 11) is 0. The minimum absolute atomic E-state index is 0.351. The maximum Gasteiger partial charge on any atom is 0.319 e. The van der Waals surface area contributed by atoms with Crippen molar-refractivity contribution in [3.63, 3.8) is 0 Å². The van der Waals surface area contributed by atoms with E-state index in [1.54, 1.807) is 6.33 Å². The lowest BCUT2D eigenvalue weighted by Gasteiger charge is -2.11. The third-order valence-electron chi connectivity index (χ3n) is 4.14. The van der Waals surface area contributed by atoms with E-state index in [2.05, 4.69) is 30.9 Å². The smallest absolute Gasteiger partial charge is 0.319 e. The highest BCUT2D eigenvalue weighted by Gasteiger charge is 2.08. The number of halogens is 1. The molecule has 0 radical (unpaired) electrons. The van der Waals surface area contributed by atoms with Gasteiger partial charge in [0.25, 0.3) is 0 Å². The van der Waals surface area contributed by atoms with Crippen LogP contribution in [0.15, 0.2) is 36.7 Å². The van der Waals surface area contributed by atoms with Crippen molar-refractivity contribution in [2.75, 3.05) is 23.7 Å². The molecule has 3 rings (SSSR count). The number of aromatic nitrogens is 4. The van der Waals surface area contributed by atoms with Gasteiger partial charge in [0, 0.05) is 30.5 Å². The van der Waals surface area contributed by atoms with E-state index in [1.807, 2.05) is 31.4 Å². The van der Waals surface area contributed by atoms with Crippen molar-refractivity contribution in [2.24, 2.45) is 0 Å². The third-order valence-corrected chi connectivity index (χ3v) is 4.14. The van der Waals surface area contributed by atoms with Gasteiger partial charge in [-0.05, 0) is 45.0 Å². The average molecular weight is 383 g/mol. The zero-order valence-corrected chi connectivity index (χ0v) is 16.0. The van der Waals surface area contributed by atoms with Gasteiger partial charge in [0.1, 0.15) is 29.6 Å². The van der Waals surface area contributed by atoms with Gasteiger partial charge >= 0.3 is 6.03 Å². The Labute approximate surface area is 162 Å². The number of hydrogen-bond donors (Lipinski definition) is 3. The quantitative estimate of drug-likeness (QED) is 0.569. The summed E-state index contributed by atoms with van der Waals surface area (Å²) < 4.78 is 14.8. The zero-order chi connectivity index (χ0) is 20.1. The van der Waals surface area contributed by atoms with Gasteiger partial charge < -0.3 is 16.0 Å². The van der Waals surface area contributed by atoms with Crippen LogP contribution in [-0.2, 0) is 0 Å². The van der Waals surface area contributed by atoms with Crippen LogP contribution in [0.2, 0.25) is 0 Å². The van der Waals surface area contributed by atoms with Crippen LogP contribution in [0.5, 0.6) is 0 Å². The van der Waals surface area contributed by atoms with Crippen molar-refractivity contribution in [3.05, 3.63) is 59.7 Å². The van der Waals surface area contributed by atoms with E-state index in [-0.39, 0.29) is 11.8 Å². The van der Waals surface area contributed by atoms with E-state index in [0.717, 1.165) is 17.2 Å². The van der Waals surface area contributed by atoms with E-state index in [0.29, 0.717) is 30.4 Å². The predicted molar refractivity (Wildman–Crippen MR) is 105 cm³/mol. The van der Waals surface area contributed by atoms with E-state index in [4.69, 9.17) is 0 Å². The number of carbonyl (C=O) groups excluding carboxylic acids is 1. The minimum Gasteiger partial charge on any atom is -0.368 e. The van der Waals surface area contributed by atoms with Crippen LogP contribution in [-0.4, -0.2) is 38.6 Å². The fraction of sp³-hybridized carbons (Fsp3) is 0.263. The Morgan fingerprint density at radius 3 is 2.54 bits per heavy atom. The molecule has 0 aliphatic carbocycles. The van der Waals surface area contributed by atoms with Crippen LogP contribution in [0.1, 0.15) is 17.2 Å². The lowest BCUT2D eigenvalue weighted by atomic mass is 10.3. The molecule has 2 heterocycles. The second-order valence-corrected chi connectivity index (χ2v) is 6.26. The largest absolute Gasteiger partial charge is 0.368 e. The van der Waals surface area contributed by atoms with E-state index in [1.165, 1.54) is 24.3 Å². The molecule has 28 heavy (non-hydrogen) atoms. The highest BCUT2D eigenvalue weighted by atomic mass is 19.1. The van der Waals surface area contributed by atoms with Gasteiger partial charge in [-0.2, -0.15) is 0 Å². The molecule has 3 aromatic rings. The van der Waals surface area contributed by atoms with Crippen LogP contribution < -0.4 is 16.0 Å². The second-order valence-electron chi connectivity index (χ2n) is 6.26. The Balaban J connectivity index is 1.52. The van der Waals surface area contributed by atoms with E-state index < -0.39 is 0 Å². The molecular weight excluding hydrogens is 361 g/mol. The molecule has 0 aliphatic rings. The van der Waals surface area contributed by atoms with Crippen molar-refractivity contribution < 1.29 is 9.18 Å². The fourth-order valence-corrected chi connectivity index (χ4v) is 2.57. The summed E-state index contributed by atoms with van der Waals surface area (Å²) in [6, 6.07) is 7.04. The molecule has 146 valence electrons. The number of nitrogens with one attached hydrogen (secondary N) is 3. The number of aryl methyl sites for hydroxylation is 2. The molecule has 2 amide bonds. The molecule has 0 aliphatic heterocycles. The number of benzene rings is 1. The summed E-state index contributed by atoms with van der Waals surface area (Å²) in [6.45, 7) is 6.61. The lowest BCUT2D eigenvalue weighted by Crippen LogP contribution is -2.32. The molecule has 0 bridgehead atoms. The van der Waals surface area contributed by atoms with Crippen LogP contribution in [0.4, 0.5) is 20.7 Å². The molecule has 3 N–H and O–H groups in total. The number of hydrogen-bond acceptors (Lipinski definition) is 5. The van der Waals surface area contributed by atoms with Crippen molar-refractivity contribution in [1.82, 2.24) is 24.8 Å². The molecule has 1 aromatic carbocycles. The number of amides is 2. The lowest BCUT2D eigenvalue weighted by molar-refractivity contribution is 0.252. The fourth-order valence-electron chi connectivity index (χ4n) is 2.57. The number of anilines is 2. The topological polar surface area (TPSA) is 96.8 Å². The first kappa shape index (κ1) is 19.3. The third kappa shape index (κ3) is 4.81. The number of urea groups is 1. The standard InChI is InChI=1S/C19H22FN7O/c1-12-13(2)27(11-23-12)18-10-17(24-14(3)25-18)21-8-9-22-19(28)26-16-6-4-15(20)5-7-16/h4-7,10-11H,8-9H2,1-3H3,(H,21,24,25)(H2,22,26,28). The maximum atomic E-state index is 12.9. The molecule has 2 aromatic heterocycles. The normalized spacial score (nSPS) is 10.6. The Hall–Kier alpha value is -3.49. The first-order valence-corrected chi connectivity index (χ1v) is 8.83. The SMILES string of the molecule is Cc1nc(NCCNC(=O)Nc2ccc(F)cc2)cc(-n2cnc(C)c2C)n1. The van der Waals surface area contributed by atoms with Crippen LogP contribution >= 0.6 is 0 Å². The molecule has 8 nitrogen and oxygen atoms in total.